The molecule has 35 nitrogen and oxygen atoms in total. The number of aliphatic carboxylic acids is 5. The van der Waals surface area contributed by atoms with Crippen molar-refractivity contribution in [1.82, 2.24) is 31.5 Å². The maximum Gasteiger partial charge on any atom is 0.303 e. The van der Waals surface area contributed by atoms with Gasteiger partial charge in [0.2, 0.25) is 41.1 Å². The Morgan fingerprint density at radius 3 is 1.70 bits per heavy atom. The molecule has 0 aromatic heterocycles. The fourth-order valence-corrected chi connectivity index (χ4v) is 18.3. The molecule has 0 saturated carbocycles. The molecule has 3 heterocycles. The van der Waals surface area contributed by atoms with Crippen LogP contribution in [-0.2, 0) is 114 Å². The van der Waals surface area contributed by atoms with Gasteiger partial charge in [-0.15, -0.1) is 0 Å². The number of thioether (sulfide) groups is 1. The van der Waals surface area contributed by atoms with Crippen LogP contribution in [0.15, 0.2) is 119 Å². The second kappa shape index (κ2) is 54.9. The first-order valence-corrected chi connectivity index (χ1v) is 49.2. The van der Waals surface area contributed by atoms with Crippen LogP contribution >= 0.6 is 11.8 Å². The Hall–Kier alpha value is -11.7. The number of Topliss-reactive ketones (excluding diaryl/α,β-unsaturated/α-hetero) is 5. The summed E-state index contributed by atoms with van der Waals surface area (Å²) >= 11 is 1.56. The van der Waals surface area contributed by atoms with E-state index in [9.17, 15) is 115 Å². The standard InChI is InChI=1S/C99H135N9O26S2/c1-13-106-78-40-29-62(4)53-72(78)98(7,8)85(106)27-19-15-14-16-20-28-86-99(9,10)73-58-71(136(130,131)132)37-41-79(73)107(86)49-21-17-18-24-70(109)55-67(34-44-89(116)117)94(126)101-74(38-47-92(122)123)83(112)56-68(35-45-90(118)119)95(127)102-75(39-48-93(124)125)84(113)57-69(36-46-91(120)121)96(128)103-77(54-65-30-32-66(33-31-65)64(6)105-133-11)81(110)26-23-51-134-59-88(115)108-50-22-25-80(108)97(129)104-76(52-61(2)3)82(111)42-43-87(114)100-63(5)60-135-12/h14-16,19-20,27-33,37,40-41,53,58,61,63,67-69,74-77,80H,13,17-18,21-26,34-36,38-39,42-52,54-57,59-60H2,1-12H3,(H10-,100,101,102,103,104,114,116,117,118,119,120,121,122,123,124,125,126,127,128,129,130,131,132)/p+1/b105-64+/t63-,67+,68+,69+,74-,75-,76+,77+,80+/m1/s1. The van der Waals surface area contributed by atoms with Gasteiger partial charge in [-0.2, -0.15) is 24.8 Å². The van der Waals surface area contributed by atoms with E-state index in [2.05, 4.69) is 88.3 Å². The van der Waals surface area contributed by atoms with Crippen LogP contribution in [0.3, 0.4) is 0 Å². The number of unbranched alkanes of at least 4 members (excludes halogenated alkanes) is 2. The fourth-order valence-electron chi connectivity index (χ4n) is 17.2. The molecule has 3 aromatic carbocycles. The topological polar surface area (TPSA) is 529 Å². The number of nitrogens with zero attached hydrogens (tertiary/aromatic N) is 4. The van der Waals surface area contributed by atoms with Crippen LogP contribution in [0.1, 0.15) is 244 Å². The van der Waals surface area contributed by atoms with E-state index in [0.717, 1.165) is 18.0 Å². The number of ketones is 5. The van der Waals surface area contributed by atoms with Gasteiger partial charge in [0.1, 0.15) is 32.1 Å². The molecule has 3 aromatic rings. The molecular formula is C99H136N9O26S2+. The molecule has 136 heavy (non-hydrogen) atoms. The van der Waals surface area contributed by atoms with Crippen LogP contribution < -0.4 is 31.5 Å². The minimum absolute atomic E-state index is 0.0135. The van der Waals surface area contributed by atoms with Gasteiger partial charge in [0, 0.05) is 161 Å². The summed E-state index contributed by atoms with van der Waals surface area (Å²) in [5, 5.41) is 66.5. The largest absolute Gasteiger partial charge is 0.481 e. The predicted molar refractivity (Wildman–Crippen MR) is 511 cm³/mol. The number of allylic oxidation sites excluding steroid dienone is 8. The van der Waals surface area contributed by atoms with Gasteiger partial charge in [0.25, 0.3) is 10.1 Å². The second-order valence-corrected chi connectivity index (χ2v) is 38.8. The average Bonchev–Trinajstić information content (AvgIpc) is 1.59. The van der Waals surface area contributed by atoms with Crippen molar-refractivity contribution in [2.24, 2.45) is 28.8 Å². The van der Waals surface area contributed by atoms with Crippen LogP contribution in [0.2, 0.25) is 0 Å². The number of carbonyl (C=O) groups is 16. The Morgan fingerprint density at radius 2 is 1.15 bits per heavy atom. The van der Waals surface area contributed by atoms with Crippen molar-refractivity contribution in [2.45, 2.75) is 282 Å². The fraction of sp³-hybridized carbons (Fsp3) is 0.556. The molecule has 0 aliphatic carbocycles. The lowest BCUT2D eigenvalue weighted by Crippen LogP contribution is -2.51. The zero-order valence-corrected chi connectivity index (χ0v) is 81.6. The molecular weight excluding hydrogens is 1800 g/mol. The minimum Gasteiger partial charge on any atom is -0.481 e. The molecule has 9 atom stereocenters. The number of carbonyl (C=O) groups excluding carboxylic acids is 11. The Balaban J connectivity index is 1.13. The highest BCUT2D eigenvalue weighted by atomic mass is 32.2. The summed E-state index contributed by atoms with van der Waals surface area (Å²) in [6, 6.07) is 10.5. The normalized spacial score (nSPS) is 16.6. The first-order chi connectivity index (χ1) is 64.2. The van der Waals surface area contributed by atoms with E-state index in [1.807, 2.05) is 82.2 Å². The molecule has 1 saturated heterocycles. The Bertz CT molecular complexity index is 5110. The summed E-state index contributed by atoms with van der Waals surface area (Å²) in [5.41, 5.74) is 7.51. The van der Waals surface area contributed by atoms with Crippen molar-refractivity contribution in [3.05, 3.63) is 137 Å². The van der Waals surface area contributed by atoms with Crippen molar-refractivity contribution in [2.75, 3.05) is 56.9 Å². The maximum atomic E-state index is 14.7. The zero-order valence-electron chi connectivity index (χ0n) is 80.0. The number of aryl methyl sites for hydroxylation is 1. The van der Waals surface area contributed by atoms with E-state index in [-0.39, 0.29) is 92.1 Å². The first kappa shape index (κ1) is 113. The second-order valence-electron chi connectivity index (χ2n) is 36.4. The highest BCUT2D eigenvalue weighted by Gasteiger charge is 2.45. The summed E-state index contributed by atoms with van der Waals surface area (Å²) in [5.74, 6) is -19.4. The number of anilines is 1. The Labute approximate surface area is 799 Å². The molecule has 3 aliphatic rings. The van der Waals surface area contributed by atoms with Crippen LogP contribution in [0, 0.1) is 30.6 Å². The van der Waals surface area contributed by atoms with Gasteiger partial charge in [-0.25, -0.2) is 0 Å². The quantitative estimate of drug-likeness (QED) is 0.00624. The smallest absolute Gasteiger partial charge is 0.303 e. The van der Waals surface area contributed by atoms with Crippen LogP contribution in [0.5, 0.6) is 0 Å². The summed E-state index contributed by atoms with van der Waals surface area (Å²) < 4.78 is 43.0. The molecule has 3 aliphatic heterocycles. The summed E-state index contributed by atoms with van der Waals surface area (Å²) in [6.07, 6.45) is 7.85. The first-order valence-electron chi connectivity index (χ1n) is 46.3. The Kier molecular flexibility index (Phi) is 45.6. The van der Waals surface area contributed by atoms with E-state index in [1.54, 1.807) is 49.0 Å². The SMILES string of the molecule is CC[N+]1=C(/C=C/C=C/C=C/C=C2/N(CCCCCC(=O)C[C@H](CCC(=O)O)C(=O)N[C@H](CCC(=O)O)C(=O)C[C@H](CCC(=O)O)C(=O)N[C@H](CCC(=O)O)C(=O)C[C@H](CCC(=O)O)C(=O)N[C@@H](Cc3ccc(/C(C)=N/OC)cc3)C(=O)CCCOCC(=O)N3CCC[C@H]3C(=O)N[C@@H](CC(C)C)C(=O)CCC(=O)N[C@H](C)CSC)c3ccc(S(=O)(=O)O)cc3C2(C)C)C(C)(C)c2cc(C)ccc21. The van der Waals surface area contributed by atoms with Crippen LogP contribution in [0.25, 0.3) is 0 Å². The number of benzene rings is 3. The average molecular weight is 1930 g/mol. The van der Waals surface area contributed by atoms with Crippen molar-refractivity contribution < 1.29 is 129 Å². The number of ether oxygens (including phenoxy) is 1. The molecule has 0 spiro atoms. The molecule has 11 N–H and O–H groups in total. The lowest BCUT2D eigenvalue weighted by Gasteiger charge is -2.27. The molecule has 37 heteroatoms. The molecule has 0 radical (unpaired) electrons. The van der Waals surface area contributed by atoms with Gasteiger partial charge in [0.15, 0.2) is 28.8 Å². The maximum absolute atomic E-state index is 14.7. The zero-order chi connectivity index (χ0) is 101. The monoisotopic (exact) mass is 1930 g/mol. The number of fused-ring (bicyclic) bond motifs is 2. The van der Waals surface area contributed by atoms with E-state index in [0.29, 0.717) is 72.5 Å². The summed E-state index contributed by atoms with van der Waals surface area (Å²) in [7, 11) is -3.23. The minimum atomic E-state index is -4.59. The van der Waals surface area contributed by atoms with Crippen molar-refractivity contribution in [3.63, 3.8) is 0 Å². The van der Waals surface area contributed by atoms with Crippen molar-refractivity contribution in [1.29, 1.82) is 0 Å². The molecule has 6 rings (SSSR count). The number of nitrogens with one attached hydrogen (secondary N) is 5. The van der Waals surface area contributed by atoms with E-state index in [1.165, 1.54) is 41.0 Å². The number of amides is 6. The number of oxime groups is 1. The number of carboxylic acid groups (broad SMARTS) is 5. The lowest BCUT2D eigenvalue weighted by atomic mass is 9.81. The summed E-state index contributed by atoms with van der Waals surface area (Å²) in [6.45, 7) is 20.4. The third-order valence-corrected chi connectivity index (χ3v) is 26.2. The van der Waals surface area contributed by atoms with Crippen molar-refractivity contribution in [3.8, 4) is 0 Å². The van der Waals surface area contributed by atoms with E-state index < -0.39 is 236 Å². The number of likely N-dealkylation sites (tertiary alicyclic amines) is 1. The third kappa shape index (κ3) is 35.8. The van der Waals surface area contributed by atoms with Crippen LogP contribution in [0.4, 0.5) is 11.4 Å². The van der Waals surface area contributed by atoms with Crippen LogP contribution in [-0.4, -0.2) is 242 Å². The van der Waals surface area contributed by atoms with Gasteiger partial charge in [-0.05, 0) is 178 Å². The number of rotatable bonds is 63. The van der Waals surface area contributed by atoms with E-state index >= 15 is 0 Å². The van der Waals surface area contributed by atoms with Gasteiger partial charge in [-0.1, -0.05) is 106 Å². The molecule has 6 amide bonds. The highest BCUT2D eigenvalue weighted by molar-refractivity contribution is 7.98. The van der Waals surface area contributed by atoms with Gasteiger partial charge < -0.3 is 71.5 Å². The number of hydrogen-bond acceptors (Lipinski definition) is 23. The molecule has 0 unspecified atom stereocenters. The van der Waals surface area contributed by atoms with E-state index in [4.69, 9.17) is 9.57 Å². The number of hydrogen-bond donors (Lipinski definition) is 11. The van der Waals surface area contributed by atoms with Crippen molar-refractivity contribution >= 4 is 139 Å². The van der Waals surface area contributed by atoms with Gasteiger partial charge in [0.05, 0.1) is 40.2 Å². The lowest BCUT2D eigenvalue weighted by molar-refractivity contribution is -0.433. The van der Waals surface area contributed by atoms with Gasteiger partial charge in [-0.3, -0.25) is 81.3 Å². The third-order valence-electron chi connectivity index (χ3n) is 24.5. The molecule has 1 fully saturated rings. The highest BCUT2D eigenvalue weighted by Crippen LogP contribution is 2.49. The number of carboxylic acids is 5. The Morgan fingerprint density at radius 1 is 0.596 bits per heavy atom. The molecule has 0 bridgehead atoms. The molecule has 744 valence electrons. The summed E-state index contributed by atoms with van der Waals surface area (Å²) in [4.78, 5) is 224. The predicted octanol–water partition coefficient (Wildman–Crippen LogP) is 10.8. The van der Waals surface area contributed by atoms with Gasteiger partial charge >= 0.3 is 29.8 Å².